The molecule has 0 saturated carbocycles. The first-order valence-electron chi connectivity index (χ1n) is 8.04. The minimum Gasteiger partial charge on any atom is -0.373 e. The van der Waals surface area contributed by atoms with E-state index in [1.54, 1.807) is 10.9 Å². The van der Waals surface area contributed by atoms with Gasteiger partial charge in [0.15, 0.2) is 0 Å². The molecule has 0 radical (unpaired) electrons. The fourth-order valence-corrected chi connectivity index (χ4v) is 3.08. The smallest absolute Gasteiger partial charge is 0.256 e. The van der Waals surface area contributed by atoms with Gasteiger partial charge in [-0.1, -0.05) is 5.21 Å². The van der Waals surface area contributed by atoms with E-state index in [4.69, 9.17) is 4.74 Å². The Kier molecular flexibility index (Phi) is 5.20. The summed E-state index contributed by atoms with van der Waals surface area (Å²) in [5.41, 5.74) is 0.850. The van der Waals surface area contributed by atoms with E-state index >= 15 is 0 Å². The topological polar surface area (TPSA) is 61.0 Å². The number of morpholine rings is 1. The fourth-order valence-electron chi connectivity index (χ4n) is 3.08. The molecule has 1 aliphatic heterocycles. The van der Waals surface area contributed by atoms with Crippen molar-refractivity contribution in [3.63, 3.8) is 0 Å². The first-order valence-corrected chi connectivity index (χ1v) is 8.04. The summed E-state index contributed by atoms with van der Waals surface area (Å²) in [5, 5.41) is 8.26. The summed E-state index contributed by atoms with van der Waals surface area (Å²) in [6, 6.07) is 0. The van der Waals surface area contributed by atoms with E-state index in [0.717, 1.165) is 18.8 Å². The SMILES string of the molecule is C[C@@H]1CN(Cc2cn(Cc3nccn3CC(F)F)nn2)C[C@H](C)O1. The second-order valence-electron chi connectivity index (χ2n) is 6.25. The van der Waals surface area contributed by atoms with Crippen LogP contribution in [0.15, 0.2) is 18.6 Å². The summed E-state index contributed by atoms with van der Waals surface area (Å²) < 4.78 is 33.9. The van der Waals surface area contributed by atoms with Crippen molar-refractivity contribution in [3.05, 3.63) is 30.1 Å². The molecule has 0 N–H and O–H groups in total. The van der Waals surface area contributed by atoms with Gasteiger partial charge in [-0.2, -0.15) is 0 Å². The van der Waals surface area contributed by atoms with Crippen LogP contribution in [0.5, 0.6) is 0 Å². The minimum absolute atomic E-state index is 0.200. The Labute approximate surface area is 139 Å². The number of halogens is 2. The van der Waals surface area contributed by atoms with Crippen molar-refractivity contribution in [2.24, 2.45) is 0 Å². The first kappa shape index (κ1) is 17.0. The van der Waals surface area contributed by atoms with Gasteiger partial charge in [0, 0.05) is 32.0 Å². The third-order valence-corrected chi connectivity index (χ3v) is 3.91. The Bertz CT molecular complexity index is 648. The Hall–Kier alpha value is -1.87. The van der Waals surface area contributed by atoms with Crippen molar-refractivity contribution in [1.82, 2.24) is 29.4 Å². The van der Waals surface area contributed by atoms with Crippen LogP contribution in [0.25, 0.3) is 0 Å². The molecular formula is C15H22F2N6O. The number of aromatic nitrogens is 5. The highest BCUT2D eigenvalue weighted by atomic mass is 19.3. The van der Waals surface area contributed by atoms with Gasteiger partial charge in [0.2, 0.25) is 0 Å². The Morgan fingerprint density at radius 3 is 2.71 bits per heavy atom. The number of imidazole rings is 1. The third-order valence-electron chi connectivity index (χ3n) is 3.91. The molecule has 2 aromatic heterocycles. The molecule has 1 saturated heterocycles. The Morgan fingerprint density at radius 1 is 1.25 bits per heavy atom. The van der Waals surface area contributed by atoms with E-state index < -0.39 is 6.43 Å². The molecule has 3 heterocycles. The van der Waals surface area contributed by atoms with Crippen molar-refractivity contribution in [2.45, 2.75) is 52.1 Å². The molecule has 7 nitrogen and oxygen atoms in total. The maximum atomic E-state index is 12.5. The minimum atomic E-state index is -2.41. The van der Waals surface area contributed by atoms with Crippen LogP contribution in [0.4, 0.5) is 8.78 Å². The zero-order valence-corrected chi connectivity index (χ0v) is 13.8. The van der Waals surface area contributed by atoms with Gasteiger partial charge >= 0.3 is 0 Å². The predicted molar refractivity (Wildman–Crippen MR) is 82.6 cm³/mol. The average molecular weight is 340 g/mol. The zero-order chi connectivity index (χ0) is 17.1. The summed E-state index contributed by atoms with van der Waals surface area (Å²) in [7, 11) is 0. The zero-order valence-electron chi connectivity index (χ0n) is 13.8. The van der Waals surface area contributed by atoms with Crippen LogP contribution in [-0.2, 0) is 24.4 Å². The first-order chi connectivity index (χ1) is 11.5. The molecule has 2 aromatic rings. The Morgan fingerprint density at radius 2 is 2.00 bits per heavy atom. The van der Waals surface area contributed by atoms with Gasteiger partial charge in [-0.3, -0.25) is 4.90 Å². The number of alkyl halides is 2. The molecule has 0 aromatic carbocycles. The molecule has 0 amide bonds. The van der Waals surface area contributed by atoms with Crippen LogP contribution in [-0.4, -0.2) is 61.2 Å². The van der Waals surface area contributed by atoms with Crippen LogP contribution in [0.2, 0.25) is 0 Å². The molecule has 0 aliphatic carbocycles. The van der Waals surface area contributed by atoms with Crippen molar-refractivity contribution in [3.8, 4) is 0 Å². The standard InChI is InChI=1S/C15H22F2N6O/c1-11-5-21(6-12(2)24-11)7-13-8-23(20-19-13)10-15-18-3-4-22(15)9-14(16)17/h3-4,8,11-12,14H,5-7,9-10H2,1-2H3/t11-,12+. The van der Waals surface area contributed by atoms with Gasteiger partial charge in [0.25, 0.3) is 6.43 Å². The molecule has 0 spiro atoms. The maximum Gasteiger partial charge on any atom is 0.256 e. The highest BCUT2D eigenvalue weighted by Crippen LogP contribution is 2.13. The molecule has 24 heavy (non-hydrogen) atoms. The molecule has 2 atom stereocenters. The molecular weight excluding hydrogens is 318 g/mol. The van der Waals surface area contributed by atoms with Gasteiger partial charge < -0.3 is 9.30 Å². The lowest BCUT2D eigenvalue weighted by molar-refractivity contribution is -0.0707. The second kappa shape index (κ2) is 7.35. The van der Waals surface area contributed by atoms with Gasteiger partial charge in [0.1, 0.15) is 12.4 Å². The number of hydrogen-bond acceptors (Lipinski definition) is 5. The van der Waals surface area contributed by atoms with Gasteiger partial charge in [-0.05, 0) is 13.8 Å². The Balaban J connectivity index is 1.61. The second-order valence-corrected chi connectivity index (χ2v) is 6.25. The maximum absolute atomic E-state index is 12.5. The van der Waals surface area contributed by atoms with Crippen LogP contribution >= 0.6 is 0 Å². The fraction of sp³-hybridized carbons (Fsp3) is 0.667. The largest absolute Gasteiger partial charge is 0.373 e. The summed E-state index contributed by atoms with van der Waals surface area (Å²) >= 11 is 0. The van der Waals surface area contributed by atoms with Crippen LogP contribution < -0.4 is 0 Å². The van der Waals surface area contributed by atoms with Crippen LogP contribution in [0.3, 0.4) is 0 Å². The lowest BCUT2D eigenvalue weighted by atomic mass is 10.2. The molecule has 0 bridgehead atoms. The quantitative estimate of drug-likeness (QED) is 0.795. The third kappa shape index (κ3) is 4.35. The van der Waals surface area contributed by atoms with Crippen molar-refractivity contribution >= 4 is 0 Å². The predicted octanol–water partition coefficient (Wildman–Crippen LogP) is 1.40. The highest BCUT2D eigenvalue weighted by molar-refractivity contribution is 4.98. The summed E-state index contributed by atoms with van der Waals surface area (Å²) in [5.74, 6) is 0.542. The molecule has 3 rings (SSSR count). The number of ether oxygens (including phenoxy) is 1. The summed E-state index contributed by atoms with van der Waals surface area (Å²) in [6.45, 7) is 6.49. The number of rotatable bonds is 6. The highest BCUT2D eigenvalue weighted by Gasteiger charge is 2.22. The molecule has 0 unspecified atom stereocenters. The van der Waals surface area contributed by atoms with E-state index in [2.05, 4.69) is 34.0 Å². The lowest BCUT2D eigenvalue weighted by Gasteiger charge is -2.34. The van der Waals surface area contributed by atoms with Gasteiger partial charge in [-0.15, -0.1) is 5.10 Å². The number of nitrogens with zero attached hydrogens (tertiary/aromatic N) is 6. The van der Waals surface area contributed by atoms with E-state index in [9.17, 15) is 8.78 Å². The van der Waals surface area contributed by atoms with E-state index in [-0.39, 0.29) is 18.8 Å². The normalized spacial score (nSPS) is 22.4. The van der Waals surface area contributed by atoms with E-state index in [1.165, 1.54) is 10.8 Å². The van der Waals surface area contributed by atoms with E-state index in [1.807, 2.05) is 6.20 Å². The van der Waals surface area contributed by atoms with Gasteiger partial charge in [0.05, 0.1) is 30.6 Å². The number of hydrogen-bond donors (Lipinski definition) is 0. The van der Waals surface area contributed by atoms with Crippen LogP contribution in [0.1, 0.15) is 25.4 Å². The average Bonchev–Trinajstić information content (AvgIpc) is 3.08. The molecule has 1 fully saturated rings. The van der Waals surface area contributed by atoms with Crippen LogP contribution in [0, 0.1) is 0 Å². The van der Waals surface area contributed by atoms with Crippen molar-refractivity contribution in [2.75, 3.05) is 13.1 Å². The van der Waals surface area contributed by atoms with Crippen molar-refractivity contribution in [1.29, 1.82) is 0 Å². The van der Waals surface area contributed by atoms with Gasteiger partial charge in [-0.25, -0.2) is 18.4 Å². The molecule has 9 heteroatoms. The summed E-state index contributed by atoms with van der Waals surface area (Å²) in [4.78, 5) is 6.41. The van der Waals surface area contributed by atoms with Crippen molar-refractivity contribution < 1.29 is 13.5 Å². The monoisotopic (exact) mass is 340 g/mol. The molecule has 1 aliphatic rings. The lowest BCUT2D eigenvalue weighted by Crippen LogP contribution is -2.44. The molecule has 132 valence electrons. The van der Waals surface area contributed by atoms with E-state index in [0.29, 0.717) is 18.9 Å². The summed E-state index contributed by atoms with van der Waals surface area (Å²) in [6.07, 6.45) is 2.90.